The van der Waals surface area contributed by atoms with Gasteiger partial charge in [-0.1, -0.05) is 38.0 Å². The van der Waals surface area contributed by atoms with Gasteiger partial charge < -0.3 is 20.3 Å². The molecule has 1 aliphatic heterocycles. The number of ether oxygens (including phenoxy) is 1. The molecule has 0 radical (unpaired) electrons. The monoisotopic (exact) mass is 467 g/mol. The summed E-state index contributed by atoms with van der Waals surface area (Å²) in [6.45, 7) is 4.69. The van der Waals surface area contributed by atoms with Crippen molar-refractivity contribution in [2.45, 2.75) is 70.6 Å². The average molecular weight is 468 g/mol. The van der Waals surface area contributed by atoms with E-state index in [0.29, 0.717) is 18.0 Å². The number of para-hydroxylation sites is 1. The highest BCUT2D eigenvalue weighted by Gasteiger charge is 2.48. The van der Waals surface area contributed by atoms with Crippen molar-refractivity contribution >= 4 is 17.7 Å². The number of benzene rings is 1. The normalized spacial score (nSPS) is 20.2. The van der Waals surface area contributed by atoms with Gasteiger partial charge in [0.2, 0.25) is 5.91 Å². The maximum atomic E-state index is 13.4. The molecule has 9 nitrogen and oxygen atoms in total. The zero-order valence-electron chi connectivity index (χ0n) is 20.1. The Labute approximate surface area is 199 Å². The Hall–Kier alpha value is -3.36. The number of carbonyl (C=O) groups excluding carboxylic acids is 3. The minimum Gasteiger partial charge on any atom is -0.496 e. The van der Waals surface area contributed by atoms with Crippen molar-refractivity contribution in [2.24, 2.45) is 0 Å². The van der Waals surface area contributed by atoms with Gasteiger partial charge >= 0.3 is 0 Å². The molecule has 2 heterocycles. The van der Waals surface area contributed by atoms with Crippen molar-refractivity contribution in [2.75, 3.05) is 13.7 Å². The Kier molecular flexibility index (Phi) is 6.90. The van der Waals surface area contributed by atoms with Crippen LogP contribution in [0.1, 0.15) is 72.5 Å². The Balaban J connectivity index is 1.54. The minimum absolute atomic E-state index is 0.148. The van der Waals surface area contributed by atoms with Gasteiger partial charge in [0.15, 0.2) is 5.69 Å². The molecule has 0 saturated heterocycles. The lowest BCUT2D eigenvalue weighted by molar-refractivity contribution is -0.133. The van der Waals surface area contributed by atoms with Gasteiger partial charge in [0.25, 0.3) is 11.8 Å². The highest BCUT2D eigenvalue weighted by atomic mass is 16.5. The van der Waals surface area contributed by atoms with E-state index >= 15 is 0 Å². The third-order valence-electron chi connectivity index (χ3n) is 6.79. The standard InChI is InChI=1S/C25H33N5O4/c1-4-13-29-23(32)20-14-19(22(31)26-15-17-9-5-8-12-21(17)34-3)28-30(20)16-25(29,2)24(33)27-18-10-6-7-11-18/h5,8-9,12,14,18H,4,6-7,10-11,13,15-16H2,1-3H3,(H,26,31)(H,27,33)/t25-/m0/s1. The predicted molar refractivity (Wildman–Crippen MR) is 127 cm³/mol. The molecule has 1 atom stereocenters. The molecule has 2 aromatic rings. The molecule has 2 aliphatic rings. The van der Waals surface area contributed by atoms with Crippen molar-refractivity contribution in [1.82, 2.24) is 25.3 Å². The lowest BCUT2D eigenvalue weighted by Crippen LogP contribution is -2.65. The maximum Gasteiger partial charge on any atom is 0.273 e. The second kappa shape index (κ2) is 9.87. The summed E-state index contributed by atoms with van der Waals surface area (Å²) in [5.41, 5.74) is 0.237. The van der Waals surface area contributed by atoms with Gasteiger partial charge in [0.1, 0.15) is 17.0 Å². The second-order valence-corrected chi connectivity index (χ2v) is 9.25. The van der Waals surface area contributed by atoms with Crippen LogP contribution in [0.2, 0.25) is 0 Å². The van der Waals surface area contributed by atoms with Crippen LogP contribution in [0.15, 0.2) is 30.3 Å². The van der Waals surface area contributed by atoms with E-state index < -0.39 is 5.54 Å². The van der Waals surface area contributed by atoms with Gasteiger partial charge in [-0.15, -0.1) is 0 Å². The van der Waals surface area contributed by atoms with Crippen molar-refractivity contribution in [3.63, 3.8) is 0 Å². The highest BCUT2D eigenvalue weighted by Crippen LogP contribution is 2.29. The number of fused-ring (bicyclic) bond motifs is 1. The van der Waals surface area contributed by atoms with Gasteiger partial charge in [0.05, 0.1) is 13.7 Å². The summed E-state index contributed by atoms with van der Waals surface area (Å²) in [7, 11) is 1.58. The van der Waals surface area contributed by atoms with Crippen LogP contribution in [0, 0.1) is 0 Å². The SMILES string of the molecule is CCCN1C(=O)c2cc(C(=O)NCc3ccccc3OC)nn2C[C@@]1(C)C(=O)NC1CCCC1. The molecule has 3 amide bonds. The quantitative estimate of drug-likeness (QED) is 0.621. The van der Waals surface area contributed by atoms with Crippen LogP contribution >= 0.6 is 0 Å². The number of carbonyl (C=O) groups is 3. The van der Waals surface area contributed by atoms with Crippen LogP contribution in [-0.4, -0.2) is 57.6 Å². The summed E-state index contributed by atoms with van der Waals surface area (Å²) in [6, 6.07) is 9.10. The van der Waals surface area contributed by atoms with Crippen LogP contribution < -0.4 is 15.4 Å². The van der Waals surface area contributed by atoms with Gasteiger partial charge in [-0.2, -0.15) is 5.10 Å². The first-order chi connectivity index (χ1) is 16.4. The maximum absolute atomic E-state index is 13.4. The third kappa shape index (κ3) is 4.51. The largest absolute Gasteiger partial charge is 0.496 e. The van der Waals surface area contributed by atoms with Crippen LogP contribution in [0.3, 0.4) is 0 Å². The fourth-order valence-electron chi connectivity index (χ4n) is 4.85. The highest BCUT2D eigenvalue weighted by molar-refractivity contribution is 6.02. The average Bonchev–Trinajstić information content (AvgIpc) is 3.50. The fourth-order valence-corrected chi connectivity index (χ4v) is 4.85. The fraction of sp³-hybridized carbons (Fsp3) is 0.520. The zero-order chi connectivity index (χ0) is 24.3. The van der Waals surface area contributed by atoms with Crippen LogP contribution in [0.25, 0.3) is 0 Å². The predicted octanol–water partition coefficient (Wildman–Crippen LogP) is 2.51. The zero-order valence-corrected chi connectivity index (χ0v) is 20.1. The molecule has 34 heavy (non-hydrogen) atoms. The van der Waals surface area contributed by atoms with E-state index in [0.717, 1.165) is 37.7 Å². The summed E-state index contributed by atoms with van der Waals surface area (Å²) in [6.07, 6.45) is 4.87. The summed E-state index contributed by atoms with van der Waals surface area (Å²) in [5, 5.41) is 10.4. The van der Waals surface area contributed by atoms with E-state index in [1.165, 1.54) is 10.7 Å². The van der Waals surface area contributed by atoms with Crippen molar-refractivity contribution in [1.29, 1.82) is 0 Å². The van der Waals surface area contributed by atoms with Crippen molar-refractivity contribution in [3.8, 4) is 5.75 Å². The van der Waals surface area contributed by atoms with Crippen molar-refractivity contribution in [3.05, 3.63) is 47.3 Å². The van der Waals surface area contributed by atoms with Crippen molar-refractivity contribution < 1.29 is 19.1 Å². The number of aromatic nitrogens is 2. The smallest absolute Gasteiger partial charge is 0.273 e. The molecule has 1 fully saturated rings. The lowest BCUT2D eigenvalue weighted by atomic mass is 9.94. The van der Waals surface area contributed by atoms with Gasteiger partial charge in [0, 0.05) is 30.8 Å². The Morgan fingerprint density at radius 2 is 1.97 bits per heavy atom. The van der Waals surface area contributed by atoms with Crippen LogP contribution in [-0.2, 0) is 17.9 Å². The first-order valence-electron chi connectivity index (χ1n) is 12.0. The molecule has 0 unspecified atom stereocenters. The van der Waals surface area contributed by atoms with E-state index in [4.69, 9.17) is 4.74 Å². The molecule has 1 saturated carbocycles. The van der Waals surface area contributed by atoms with Gasteiger partial charge in [-0.25, -0.2) is 0 Å². The van der Waals surface area contributed by atoms with Crippen LogP contribution in [0.4, 0.5) is 0 Å². The number of hydrogen-bond donors (Lipinski definition) is 2. The molecule has 1 aliphatic carbocycles. The summed E-state index contributed by atoms with van der Waals surface area (Å²) in [5.74, 6) is -0.154. The molecule has 9 heteroatoms. The lowest BCUT2D eigenvalue weighted by Gasteiger charge is -2.43. The second-order valence-electron chi connectivity index (χ2n) is 9.25. The molecular weight excluding hydrogens is 434 g/mol. The number of hydrogen-bond acceptors (Lipinski definition) is 5. The Bertz CT molecular complexity index is 1080. The van der Waals surface area contributed by atoms with E-state index in [1.807, 2.05) is 31.2 Å². The number of methoxy groups -OCH3 is 1. The number of rotatable bonds is 8. The summed E-state index contributed by atoms with van der Waals surface area (Å²) in [4.78, 5) is 41.2. The molecule has 4 rings (SSSR count). The molecule has 1 aromatic carbocycles. The number of amides is 3. The number of nitrogens with zero attached hydrogens (tertiary/aromatic N) is 3. The van der Waals surface area contributed by atoms with E-state index in [-0.39, 0.29) is 42.5 Å². The van der Waals surface area contributed by atoms with E-state index in [9.17, 15) is 14.4 Å². The molecule has 182 valence electrons. The molecule has 1 aromatic heterocycles. The molecule has 0 bridgehead atoms. The minimum atomic E-state index is -1.07. The molecule has 2 N–H and O–H groups in total. The first kappa shape index (κ1) is 23.8. The number of nitrogens with one attached hydrogen (secondary N) is 2. The third-order valence-corrected chi connectivity index (χ3v) is 6.79. The topological polar surface area (TPSA) is 106 Å². The molecule has 0 spiro atoms. The van der Waals surface area contributed by atoms with E-state index in [1.54, 1.807) is 18.9 Å². The van der Waals surface area contributed by atoms with Gasteiger partial charge in [-0.05, 0) is 32.3 Å². The Morgan fingerprint density at radius 1 is 1.24 bits per heavy atom. The summed E-state index contributed by atoms with van der Waals surface area (Å²) < 4.78 is 6.83. The van der Waals surface area contributed by atoms with Crippen LogP contribution in [0.5, 0.6) is 5.75 Å². The Morgan fingerprint density at radius 3 is 2.68 bits per heavy atom. The summed E-state index contributed by atoms with van der Waals surface area (Å²) >= 11 is 0. The van der Waals surface area contributed by atoms with Gasteiger partial charge in [-0.3, -0.25) is 19.1 Å². The first-order valence-corrected chi connectivity index (χ1v) is 12.0. The van der Waals surface area contributed by atoms with E-state index in [2.05, 4.69) is 15.7 Å². The molecular formula is C25H33N5O4.